The van der Waals surface area contributed by atoms with Gasteiger partial charge in [0.15, 0.2) is 0 Å². The van der Waals surface area contributed by atoms with Crippen LogP contribution in [-0.4, -0.2) is 34.1 Å². The molecule has 6 heteroatoms. The number of nitrogens with zero attached hydrogens (tertiary/aromatic N) is 1. The van der Waals surface area contributed by atoms with E-state index in [9.17, 15) is 8.42 Å². The van der Waals surface area contributed by atoms with E-state index in [-0.39, 0.29) is 6.61 Å². The van der Waals surface area contributed by atoms with Crippen molar-refractivity contribution in [1.29, 1.82) is 0 Å². The van der Waals surface area contributed by atoms with E-state index in [0.717, 1.165) is 44.1 Å². The molecule has 5 nitrogen and oxygen atoms in total. The maximum Gasteiger partial charge on any atom is 0.264 e. The van der Waals surface area contributed by atoms with Crippen molar-refractivity contribution in [1.82, 2.24) is 0 Å². The van der Waals surface area contributed by atoms with Gasteiger partial charge in [0, 0.05) is 0 Å². The maximum atomic E-state index is 10.7. The Hall–Kier alpha value is -0.880. The molecule has 0 aromatic carbocycles. The Balaban J connectivity index is 2.21. The summed E-state index contributed by atoms with van der Waals surface area (Å²) < 4.78 is 26.1. The van der Waals surface area contributed by atoms with Crippen LogP contribution in [0.1, 0.15) is 32.1 Å². The minimum atomic E-state index is -3.30. The van der Waals surface area contributed by atoms with Crippen molar-refractivity contribution >= 4 is 15.8 Å². The summed E-state index contributed by atoms with van der Waals surface area (Å²) in [6, 6.07) is 0. The molecule has 17 heavy (non-hydrogen) atoms. The molecule has 0 aromatic rings. The molecule has 0 unspecified atom stereocenters. The predicted octanol–water partition coefficient (Wildman–Crippen LogP) is 1.86. The van der Waals surface area contributed by atoms with Gasteiger partial charge in [-0.1, -0.05) is 11.2 Å². The molecule has 0 bridgehead atoms. The SMILES string of the molecule is CON=C1CCC=C1CCCCOS(C)(=O)=O. The zero-order valence-electron chi connectivity index (χ0n) is 10.3. The lowest BCUT2D eigenvalue weighted by Crippen LogP contribution is -2.04. The highest BCUT2D eigenvalue weighted by Gasteiger charge is 2.13. The maximum absolute atomic E-state index is 10.7. The average Bonchev–Trinajstić information content (AvgIpc) is 2.64. The summed E-state index contributed by atoms with van der Waals surface area (Å²) in [4.78, 5) is 4.77. The van der Waals surface area contributed by atoms with Crippen LogP contribution < -0.4 is 0 Å². The van der Waals surface area contributed by atoms with Crippen molar-refractivity contribution in [3.63, 3.8) is 0 Å². The van der Waals surface area contributed by atoms with Gasteiger partial charge in [0.25, 0.3) is 10.1 Å². The zero-order chi connectivity index (χ0) is 12.7. The minimum Gasteiger partial charge on any atom is -0.399 e. The van der Waals surface area contributed by atoms with E-state index in [1.165, 1.54) is 5.57 Å². The fourth-order valence-corrected chi connectivity index (χ4v) is 2.17. The Morgan fingerprint density at radius 1 is 1.41 bits per heavy atom. The molecule has 1 rings (SSSR count). The van der Waals surface area contributed by atoms with Crippen molar-refractivity contribution in [3.8, 4) is 0 Å². The van der Waals surface area contributed by atoms with E-state index in [0.29, 0.717) is 0 Å². The highest BCUT2D eigenvalue weighted by atomic mass is 32.2. The first kappa shape index (κ1) is 14.2. The molecule has 1 aliphatic rings. The van der Waals surface area contributed by atoms with Gasteiger partial charge in [-0.3, -0.25) is 4.18 Å². The highest BCUT2D eigenvalue weighted by molar-refractivity contribution is 7.85. The Bertz CT molecular complexity index is 398. The average molecular weight is 261 g/mol. The smallest absolute Gasteiger partial charge is 0.264 e. The summed E-state index contributed by atoms with van der Waals surface area (Å²) in [5, 5.41) is 3.96. The molecular formula is C11H19NO4S. The van der Waals surface area contributed by atoms with Crippen LogP contribution in [0.5, 0.6) is 0 Å². The van der Waals surface area contributed by atoms with Crippen molar-refractivity contribution < 1.29 is 17.4 Å². The van der Waals surface area contributed by atoms with Crippen LogP contribution in [0, 0.1) is 0 Å². The quantitative estimate of drug-likeness (QED) is 0.398. The second-order valence-electron chi connectivity index (χ2n) is 3.97. The van der Waals surface area contributed by atoms with E-state index < -0.39 is 10.1 Å². The second kappa shape index (κ2) is 6.76. The van der Waals surface area contributed by atoms with Gasteiger partial charge >= 0.3 is 0 Å². The molecule has 0 saturated carbocycles. The van der Waals surface area contributed by atoms with Crippen LogP contribution in [0.15, 0.2) is 16.8 Å². The number of allylic oxidation sites excluding steroid dienone is 2. The largest absolute Gasteiger partial charge is 0.399 e. The van der Waals surface area contributed by atoms with Crippen molar-refractivity contribution in [3.05, 3.63) is 11.6 Å². The topological polar surface area (TPSA) is 65.0 Å². The van der Waals surface area contributed by atoms with Crippen molar-refractivity contribution in [2.45, 2.75) is 32.1 Å². The Kier molecular flexibility index (Phi) is 5.64. The number of oxime groups is 1. The Morgan fingerprint density at radius 2 is 2.18 bits per heavy atom. The molecule has 1 aliphatic carbocycles. The summed E-state index contributed by atoms with van der Waals surface area (Å²) in [7, 11) is -1.76. The summed E-state index contributed by atoms with van der Waals surface area (Å²) in [6.07, 6.45) is 7.69. The van der Waals surface area contributed by atoms with Gasteiger partial charge in [-0.2, -0.15) is 8.42 Å². The van der Waals surface area contributed by atoms with E-state index in [1.807, 2.05) is 0 Å². The number of hydrogen-bond acceptors (Lipinski definition) is 5. The third-order valence-electron chi connectivity index (χ3n) is 2.48. The monoisotopic (exact) mass is 261 g/mol. The van der Waals surface area contributed by atoms with Crippen LogP contribution in [-0.2, 0) is 19.1 Å². The van der Waals surface area contributed by atoms with E-state index in [1.54, 1.807) is 7.11 Å². The van der Waals surface area contributed by atoms with Gasteiger partial charge in [0.1, 0.15) is 7.11 Å². The number of unbranched alkanes of at least 4 members (excludes halogenated alkanes) is 1. The fourth-order valence-electron chi connectivity index (χ4n) is 1.75. The summed E-state index contributed by atoms with van der Waals surface area (Å²) in [5.41, 5.74) is 2.22. The van der Waals surface area contributed by atoms with Gasteiger partial charge in [-0.05, 0) is 37.7 Å². The first-order valence-corrected chi connectivity index (χ1v) is 7.48. The van der Waals surface area contributed by atoms with Crippen LogP contribution in [0.25, 0.3) is 0 Å². The normalized spacial score (nSPS) is 18.5. The van der Waals surface area contributed by atoms with Gasteiger partial charge in [-0.15, -0.1) is 0 Å². The molecule has 0 N–H and O–H groups in total. The summed E-state index contributed by atoms with van der Waals surface area (Å²) >= 11 is 0. The molecule has 0 aromatic heterocycles. The molecule has 0 heterocycles. The van der Waals surface area contributed by atoms with Gasteiger partial charge in [0.2, 0.25) is 0 Å². The first-order valence-electron chi connectivity index (χ1n) is 5.67. The van der Waals surface area contributed by atoms with Crippen molar-refractivity contribution in [2.24, 2.45) is 5.16 Å². The molecular weight excluding hydrogens is 242 g/mol. The van der Waals surface area contributed by atoms with Crippen LogP contribution in [0.2, 0.25) is 0 Å². The molecule has 0 radical (unpaired) electrons. The van der Waals surface area contributed by atoms with E-state index >= 15 is 0 Å². The van der Waals surface area contributed by atoms with Gasteiger partial charge in [0.05, 0.1) is 18.6 Å². The molecule has 0 aliphatic heterocycles. The number of hydrogen-bond donors (Lipinski definition) is 0. The number of rotatable bonds is 7. The third-order valence-corrected chi connectivity index (χ3v) is 3.08. The molecule has 0 atom stereocenters. The molecule has 0 spiro atoms. The standard InChI is InChI=1S/C11H19NO4S/c1-15-12-11-8-5-7-10(11)6-3-4-9-16-17(2,13)14/h7H,3-6,8-9H2,1-2H3. The Morgan fingerprint density at radius 3 is 2.82 bits per heavy atom. The van der Waals surface area contributed by atoms with Crippen LogP contribution in [0.4, 0.5) is 0 Å². The van der Waals surface area contributed by atoms with Crippen molar-refractivity contribution in [2.75, 3.05) is 20.0 Å². The molecule has 0 fully saturated rings. The fraction of sp³-hybridized carbons (Fsp3) is 0.727. The lowest BCUT2D eigenvalue weighted by Gasteiger charge is -2.04. The van der Waals surface area contributed by atoms with Crippen LogP contribution >= 0.6 is 0 Å². The molecule has 98 valence electrons. The lowest BCUT2D eigenvalue weighted by molar-refractivity contribution is 0.213. The molecule has 0 saturated heterocycles. The summed E-state index contributed by atoms with van der Waals surface area (Å²) in [5.74, 6) is 0. The summed E-state index contributed by atoms with van der Waals surface area (Å²) in [6.45, 7) is 0.253. The zero-order valence-corrected chi connectivity index (χ0v) is 11.1. The van der Waals surface area contributed by atoms with E-state index in [4.69, 9.17) is 4.84 Å². The molecule has 0 amide bonds. The minimum absolute atomic E-state index is 0.253. The Labute approximate surface area is 103 Å². The first-order chi connectivity index (χ1) is 8.03. The van der Waals surface area contributed by atoms with Gasteiger partial charge in [-0.25, -0.2) is 0 Å². The van der Waals surface area contributed by atoms with E-state index in [2.05, 4.69) is 15.4 Å². The predicted molar refractivity (Wildman–Crippen MR) is 66.4 cm³/mol. The lowest BCUT2D eigenvalue weighted by atomic mass is 10.1. The van der Waals surface area contributed by atoms with Crippen LogP contribution in [0.3, 0.4) is 0 Å². The highest BCUT2D eigenvalue weighted by Crippen LogP contribution is 2.21. The second-order valence-corrected chi connectivity index (χ2v) is 5.62. The third kappa shape index (κ3) is 5.83. The van der Waals surface area contributed by atoms with Gasteiger partial charge < -0.3 is 4.84 Å².